The molecule has 0 spiro atoms. The lowest BCUT2D eigenvalue weighted by atomic mass is 10.2. The average molecular weight is 289 g/mol. The predicted octanol–water partition coefficient (Wildman–Crippen LogP) is 3.47. The third-order valence-corrected chi connectivity index (χ3v) is 3.14. The van der Waals surface area contributed by atoms with Crippen molar-refractivity contribution in [3.8, 4) is 17.1 Å². The van der Waals surface area contributed by atoms with Gasteiger partial charge in [0, 0.05) is 10.0 Å². The Morgan fingerprint density at radius 3 is 2.59 bits per heavy atom. The number of aromatic hydroxyl groups is 1. The minimum absolute atomic E-state index is 0.230. The summed E-state index contributed by atoms with van der Waals surface area (Å²) < 4.78 is 2.91. The molecule has 0 bridgehead atoms. The van der Waals surface area contributed by atoms with E-state index in [-0.39, 0.29) is 5.75 Å². The smallest absolute Gasteiger partial charge is 0.144 e. The van der Waals surface area contributed by atoms with Crippen molar-refractivity contribution in [1.82, 2.24) is 9.38 Å². The van der Waals surface area contributed by atoms with Gasteiger partial charge in [0.15, 0.2) is 0 Å². The summed E-state index contributed by atoms with van der Waals surface area (Å²) in [5.41, 5.74) is 1.97. The molecule has 2 aromatic heterocycles. The molecule has 0 fully saturated rings. The highest BCUT2D eigenvalue weighted by atomic mass is 79.9. The van der Waals surface area contributed by atoms with Crippen LogP contribution in [0.1, 0.15) is 0 Å². The van der Waals surface area contributed by atoms with Crippen LogP contribution in [0, 0.1) is 0 Å². The van der Waals surface area contributed by atoms with E-state index in [9.17, 15) is 5.11 Å². The summed E-state index contributed by atoms with van der Waals surface area (Å²) in [5, 5.41) is 9.51. The van der Waals surface area contributed by atoms with E-state index < -0.39 is 0 Å². The van der Waals surface area contributed by atoms with E-state index in [0.29, 0.717) is 0 Å². The zero-order valence-electron chi connectivity index (χ0n) is 8.84. The van der Waals surface area contributed by atoms with Gasteiger partial charge in [0.05, 0.1) is 17.9 Å². The summed E-state index contributed by atoms with van der Waals surface area (Å²) in [6, 6.07) is 11.4. The van der Waals surface area contributed by atoms with Gasteiger partial charge in [0.2, 0.25) is 0 Å². The molecule has 4 heteroatoms. The molecule has 17 heavy (non-hydrogen) atoms. The fourth-order valence-corrected chi connectivity index (χ4v) is 2.06. The highest BCUT2D eigenvalue weighted by Crippen LogP contribution is 2.23. The Balaban J connectivity index is 2.23. The third kappa shape index (κ3) is 1.80. The Labute approximate surface area is 106 Å². The van der Waals surface area contributed by atoms with Crippen LogP contribution in [0.15, 0.2) is 53.3 Å². The normalized spacial score (nSPS) is 10.9. The zero-order chi connectivity index (χ0) is 11.8. The number of benzene rings is 1. The summed E-state index contributed by atoms with van der Waals surface area (Å²) in [5.74, 6) is 1.05. The summed E-state index contributed by atoms with van der Waals surface area (Å²) in [7, 11) is 0. The summed E-state index contributed by atoms with van der Waals surface area (Å²) >= 11 is 3.40. The number of fused-ring (bicyclic) bond motifs is 1. The minimum atomic E-state index is 0.230. The van der Waals surface area contributed by atoms with Crippen LogP contribution in [0.5, 0.6) is 5.75 Å². The maximum Gasteiger partial charge on any atom is 0.144 e. The maximum absolute atomic E-state index is 9.51. The quantitative estimate of drug-likeness (QED) is 0.744. The van der Waals surface area contributed by atoms with Crippen LogP contribution in [0.4, 0.5) is 0 Å². The number of halogens is 1. The molecule has 1 aromatic carbocycles. The number of pyridine rings is 1. The molecule has 3 aromatic rings. The van der Waals surface area contributed by atoms with Gasteiger partial charge in [-0.15, -0.1) is 0 Å². The largest absolute Gasteiger partial charge is 0.506 e. The fraction of sp³-hybridized carbons (Fsp3) is 0. The lowest BCUT2D eigenvalue weighted by molar-refractivity contribution is 0.472. The Hall–Kier alpha value is -1.81. The van der Waals surface area contributed by atoms with E-state index in [2.05, 4.69) is 20.9 Å². The van der Waals surface area contributed by atoms with E-state index >= 15 is 0 Å². The van der Waals surface area contributed by atoms with Crippen molar-refractivity contribution in [3.05, 3.63) is 53.3 Å². The lowest BCUT2D eigenvalue weighted by Crippen LogP contribution is -1.88. The molecule has 0 aliphatic rings. The Morgan fingerprint density at radius 1 is 1.06 bits per heavy atom. The van der Waals surface area contributed by atoms with E-state index in [4.69, 9.17) is 0 Å². The number of rotatable bonds is 1. The van der Waals surface area contributed by atoms with Crippen LogP contribution in [0.3, 0.4) is 0 Å². The summed E-state index contributed by atoms with van der Waals surface area (Å²) in [6.45, 7) is 0. The molecule has 0 saturated carbocycles. The second-order valence-electron chi connectivity index (χ2n) is 3.77. The molecule has 0 unspecified atom stereocenters. The zero-order valence-corrected chi connectivity index (χ0v) is 10.4. The van der Waals surface area contributed by atoms with Crippen molar-refractivity contribution in [2.24, 2.45) is 0 Å². The summed E-state index contributed by atoms with van der Waals surface area (Å²) in [4.78, 5) is 4.37. The SMILES string of the molecule is Oc1ccc2cnc(-c3ccc(Br)cc3)n2c1. The van der Waals surface area contributed by atoms with Gasteiger partial charge >= 0.3 is 0 Å². The number of hydrogen-bond acceptors (Lipinski definition) is 2. The van der Waals surface area contributed by atoms with E-state index in [1.165, 1.54) is 0 Å². The topological polar surface area (TPSA) is 37.5 Å². The highest BCUT2D eigenvalue weighted by Gasteiger charge is 2.06. The molecule has 0 saturated heterocycles. The van der Waals surface area contributed by atoms with Gasteiger partial charge in [-0.05, 0) is 24.3 Å². The molecule has 2 heterocycles. The van der Waals surface area contributed by atoms with Crippen LogP contribution in [-0.2, 0) is 0 Å². The van der Waals surface area contributed by atoms with Crippen molar-refractivity contribution in [2.75, 3.05) is 0 Å². The van der Waals surface area contributed by atoms with Crippen LogP contribution in [0.2, 0.25) is 0 Å². The van der Waals surface area contributed by atoms with Crippen molar-refractivity contribution >= 4 is 21.4 Å². The molecular weight excluding hydrogens is 280 g/mol. The first kappa shape index (κ1) is 10.4. The second-order valence-corrected chi connectivity index (χ2v) is 4.69. The van der Waals surface area contributed by atoms with Gasteiger partial charge in [-0.25, -0.2) is 4.98 Å². The number of aromatic nitrogens is 2. The first-order chi connectivity index (χ1) is 8.24. The molecule has 3 rings (SSSR count). The Morgan fingerprint density at radius 2 is 1.82 bits per heavy atom. The van der Waals surface area contributed by atoms with Crippen molar-refractivity contribution in [3.63, 3.8) is 0 Å². The van der Waals surface area contributed by atoms with Crippen LogP contribution in [-0.4, -0.2) is 14.5 Å². The molecule has 0 amide bonds. The van der Waals surface area contributed by atoms with Crippen molar-refractivity contribution < 1.29 is 5.11 Å². The van der Waals surface area contributed by atoms with Gasteiger partial charge in [0.1, 0.15) is 11.6 Å². The first-order valence-corrected chi connectivity index (χ1v) is 5.95. The molecule has 1 N–H and O–H groups in total. The van der Waals surface area contributed by atoms with Gasteiger partial charge in [-0.1, -0.05) is 28.1 Å². The van der Waals surface area contributed by atoms with E-state index in [1.807, 2.05) is 34.7 Å². The van der Waals surface area contributed by atoms with Crippen LogP contribution >= 0.6 is 15.9 Å². The lowest BCUT2D eigenvalue weighted by Gasteiger charge is -2.02. The first-order valence-electron chi connectivity index (χ1n) is 5.16. The van der Waals surface area contributed by atoms with Crippen molar-refractivity contribution in [2.45, 2.75) is 0 Å². The molecule has 0 atom stereocenters. The van der Waals surface area contributed by atoms with E-state index in [1.54, 1.807) is 18.5 Å². The molecule has 0 aliphatic carbocycles. The highest BCUT2D eigenvalue weighted by molar-refractivity contribution is 9.10. The van der Waals surface area contributed by atoms with Crippen molar-refractivity contribution in [1.29, 1.82) is 0 Å². The van der Waals surface area contributed by atoms with Gasteiger partial charge in [-0.2, -0.15) is 0 Å². The monoisotopic (exact) mass is 288 g/mol. The predicted molar refractivity (Wildman–Crippen MR) is 70.0 cm³/mol. The summed E-state index contributed by atoms with van der Waals surface area (Å²) in [6.07, 6.45) is 3.45. The van der Waals surface area contributed by atoms with Gasteiger partial charge in [0.25, 0.3) is 0 Å². The fourth-order valence-electron chi connectivity index (χ4n) is 1.79. The Kier molecular flexibility index (Phi) is 2.37. The Bertz CT molecular complexity index is 673. The standard InChI is InChI=1S/C13H9BrN2O/c14-10-3-1-9(2-4-10)13-15-7-11-5-6-12(17)8-16(11)13/h1-8,17H. The van der Waals surface area contributed by atoms with Crippen LogP contribution < -0.4 is 0 Å². The number of nitrogens with zero attached hydrogens (tertiary/aromatic N) is 2. The van der Waals surface area contributed by atoms with E-state index in [0.717, 1.165) is 21.4 Å². The van der Waals surface area contributed by atoms with Gasteiger partial charge in [-0.3, -0.25) is 4.40 Å². The van der Waals surface area contributed by atoms with Gasteiger partial charge < -0.3 is 5.11 Å². The second kappa shape index (κ2) is 3.89. The van der Waals surface area contributed by atoms with Crippen LogP contribution in [0.25, 0.3) is 16.9 Å². The molecule has 3 nitrogen and oxygen atoms in total. The number of imidazole rings is 1. The molecule has 0 aliphatic heterocycles. The minimum Gasteiger partial charge on any atom is -0.506 e. The number of hydrogen-bond donors (Lipinski definition) is 1. The molecule has 84 valence electrons. The maximum atomic E-state index is 9.51. The third-order valence-electron chi connectivity index (χ3n) is 2.61. The average Bonchev–Trinajstić information content (AvgIpc) is 2.73. The molecular formula is C13H9BrN2O. The molecule has 0 radical (unpaired) electrons.